The second kappa shape index (κ2) is 14.8. The van der Waals surface area contributed by atoms with Crippen molar-refractivity contribution in [3.05, 3.63) is 46.6 Å². The first kappa shape index (κ1) is 37.1. The number of aliphatic hydroxyl groups excluding tert-OH is 9. The quantitative estimate of drug-likeness (QED) is 0.103. The van der Waals surface area contributed by atoms with Crippen molar-refractivity contribution in [1.82, 2.24) is 0 Å². The highest BCUT2D eigenvalue weighted by molar-refractivity contribution is 5.88. The zero-order chi connectivity index (χ0) is 36.9. The van der Waals surface area contributed by atoms with E-state index in [-0.39, 0.29) is 28.4 Å². The molecule has 280 valence electrons. The standard InChI is InChI=1S/C32H38O19/c1-10-19(37)23(41)25(43)30(45-10)46-13-6-14(36)18-15(7-13)47-27(11-2-4-12(35)5-3-11)28(22(18)40)50-32-29(21(39)17(9-34)49-32)51-31-26(44)24(42)20(38)16(8-33)48-31/h2-7,10,16-17,19-21,23-26,29-39,41-44H,8-9H2,1H3/t10-,16+,17-,19-,20+,21-,23+,24-,25+,26+,29+,30-,31-,32-/m0/s1. The Morgan fingerprint density at radius 2 is 1.29 bits per heavy atom. The summed E-state index contributed by atoms with van der Waals surface area (Å²) in [6, 6.07) is 7.41. The molecule has 51 heavy (non-hydrogen) atoms. The third-order valence-electron chi connectivity index (χ3n) is 8.94. The van der Waals surface area contributed by atoms with E-state index in [9.17, 15) is 61.0 Å². The molecule has 3 aliphatic rings. The molecule has 14 atom stereocenters. The van der Waals surface area contributed by atoms with Gasteiger partial charge in [0.15, 0.2) is 18.2 Å². The number of ether oxygens (including phenoxy) is 6. The Morgan fingerprint density at radius 1 is 0.686 bits per heavy atom. The predicted molar refractivity (Wildman–Crippen MR) is 165 cm³/mol. The van der Waals surface area contributed by atoms with Crippen molar-refractivity contribution in [2.45, 2.75) is 92.9 Å². The molecule has 0 saturated carbocycles. The fraction of sp³-hybridized carbons (Fsp3) is 0.531. The van der Waals surface area contributed by atoms with Gasteiger partial charge in [0.1, 0.15) is 83.2 Å². The first-order chi connectivity index (χ1) is 24.2. The van der Waals surface area contributed by atoms with E-state index in [0.29, 0.717) is 0 Å². The Bertz CT molecular complexity index is 1730. The normalized spacial score (nSPS) is 37.1. The van der Waals surface area contributed by atoms with Crippen molar-refractivity contribution in [2.24, 2.45) is 0 Å². The van der Waals surface area contributed by atoms with Gasteiger partial charge in [0, 0.05) is 17.7 Å². The molecule has 3 fully saturated rings. The van der Waals surface area contributed by atoms with Crippen LogP contribution in [0.1, 0.15) is 6.92 Å². The van der Waals surface area contributed by atoms with Crippen LogP contribution in [0.15, 0.2) is 45.6 Å². The van der Waals surface area contributed by atoms with Crippen molar-refractivity contribution in [3.63, 3.8) is 0 Å². The number of rotatable bonds is 9. The minimum absolute atomic E-state index is 0.147. The summed E-state index contributed by atoms with van der Waals surface area (Å²) in [7, 11) is 0. The fourth-order valence-electron chi connectivity index (χ4n) is 6.02. The second-order valence-electron chi connectivity index (χ2n) is 12.4. The van der Waals surface area contributed by atoms with Crippen molar-refractivity contribution in [2.75, 3.05) is 13.2 Å². The number of aliphatic hydroxyl groups is 9. The molecule has 4 heterocycles. The molecule has 2 aromatic carbocycles. The van der Waals surface area contributed by atoms with Crippen molar-refractivity contribution in [3.8, 4) is 34.3 Å². The summed E-state index contributed by atoms with van der Waals surface area (Å²) in [5.74, 6) is -1.96. The lowest BCUT2D eigenvalue weighted by molar-refractivity contribution is -0.323. The Labute approximate surface area is 287 Å². The van der Waals surface area contributed by atoms with Gasteiger partial charge in [0.05, 0.1) is 19.3 Å². The van der Waals surface area contributed by atoms with Crippen LogP contribution in [0.2, 0.25) is 0 Å². The van der Waals surface area contributed by atoms with Gasteiger partial charge < -0.3 is 89.0 Å². The summed E-state index contributed by atoms with van der Waals surface area (Å²) in [5, 5.41) is 112. The molecule has 11 N–H and O–H groups in total. The third-order valence-corrected chi connectivity index (χ3v) is 8.94. The topological polar surface area (TPSA) is 308 Å². The van der Waals surface area contributed by atoms with Gasteiger partial charge in [-0.1, -0.05) is 0 Å². The minimum Gasteiger partial charge on any atom is -0.508 e. The molecule has 0 amide bonds. The molecule has 6 rings (SSSR count). The smallest absolute Gasteiger partial charge is 0.239 e. The maximum Gasteiger partial charge on any atom is 0.239 e. The van der Waals surface area contributed by atoms with Gasteiger partial charge in [-0.15, -0.1) is 0 Å². The van der Waals surface area contributed by atoms with Crippen LogP contribution in [0.4, 0.5) is 0 Å². The molecule has 19 heteroatoms. The summed E-state index contributed by atoms with van der Waals surface area (Å²) in [6.07, 6.45) is -22.3. The Hall–Kier alpha value is -3.67. The zero-order valence-corrected chi connectivity index (χ0v) is 26.6. The highest BCUT2D eigenvalue weighted by Gasteiger charge is 2.52. The molecule has 0 bridgehead atoms. The van der Waals surface area contributed by atoms with E-state index < -0.39 is 122 Å². The lowest BCUT2D eigenvalue weighted by atomic mass is 9.99. The van der Waals surface area contributed by atoms with Crippen LogP contribution in [0.25, 0.3) is 22.3 Å². The number of aromatic hydroxyl groups is 2. The van der Waals surface area contributed by atoms with Crippen molar-refractivity contribution < 1.29 is 89.0 Å². The zero-order valence-electron chi connectivity index (χ0n) is 26.6. The number of fused-ring (bicyclic) bond motifs is 1. The Balaban J connectivity index is 1.38. The Morgan fingerprint density at radius 3 is 1.96 bits per heavy atom. The van der Waals surface area contributed by atoms with E-state index in [2.05, 4.69) is 0 Å². The van der Waals surface area contributed by atoms with Gasteiger partial charge in [0.2, 0.25) is 23.8 Å². The minimum atomic E-state index is -1.90. The van der Waals surface area contributed by atoms with Gasteiger partial charge in [-0.3, -0.25) is 4.79 Å². The molecule has 1 aromatic heterocycles. The molecule has 0 spiro atoms. The number of hydrogen-bond donors (Lipinski definition) is 11. The largest absolute Gasteiger partial charge is 0.508 e. The van der Waals surface area contributed by atoms with E-state index in [1.54, 1.807) is 0 Å². The second-order valence-corrected chi connectivity index (χ2v) is 12.4. The van der Waals surface area contributed by atoms with E-state index >= 15 is 0 Å². The van der Waals surface area contributed by atoms with Crippen LogP contribution < -0.4 is 14.9 Å². The molecular formula is C32H38O19. The van der Waals surface area contributed by atoms with E-state index in [4.69, 9.17) is 32.8 Å². The monoisotopic (exact) mass is 726 g/mol. The highest BCUT2D eigenvalue weighted by Crippen LogP contribution is 2.39. The van der Waals surface area contributed by atoms with Crippen molar-refractivity contribution in [1.29, 1.82) is 0 Å². The van der Waals surface area contributed by atoms with E-state index in [1.807, 2.05) is 0 Å². The first-order valence-electron chi connectivity index (χ1n) is 15.8. The maximum atomic E-state index is 14.1. The molecule has 19 nitrogen and oxygen atoms in total. The number of hydrogen-bond acceptors (Lipinski definition) is 19. The van der Waals surface area contributed by atoms with E-state index in [0.717, 1.165) is 6.07 Å². The average Bonchev–Trinajstić information content (AvgIpc) is 3.40. The van der Waals surface area contributed by atoms with E-state index in [1.165, 1.54) is 37.3 Å². The summed E-state index contributed by atoms with van der Waals surface area (Å²) in [6.45, 7) is -0.116. The molecule has 0 unspecified atom stereocenters. The van der Waals surface area contributed by atoms with Crippen LogP contribution in [-0.2, 0) is 18.9 Å². The maximum absolute atomic E-state index is 14.1. The number of benzene rings is 2. The van der Waals surface area contributed by atoms with Gasteiger partial charge in [-0.05, 0) is 31.2 Å². The van der Waals surface area contributed by atoms with Gasteiger partial charge in [0.25, 0.3) is 0 Å². The van der Waals surface area contributed by atoms with Crippen LogP contribution in [0.5, 0.6) is 23.0 Å². The summed E-state index contributed by atoms with van der Waals surface area (Å²) in [5.41, 5.74) is -1.13. The molecule has 0 radical (unpaired) electrons. The van der Waals surface area contributed by atoms with Crippen LogP contribution in [0.3, 0.4) is 0 Å². The van der Waals surface area contributed by atoms with Crippen LogP contribution in [0, 0.1) is 0 Å². The van der Waals surface area contributed by atoms with Gasteiger partial charge in [-0.25, -0.2) is 0 Å². The van der Waals surface area contributed by atoms with Gasteiger partial charge in [-0.2, -0.15) is 0 Å². The summed E-state index contributed by atoms with van der Waals surface area (Å²) in [4.78, 5) is 14.1. The molecular weight excluding hydrogens is 688 g/mol. The SMILES string of the molecule is C[C@@H]1O[C@@H](Oc2cc(O)c3c(=O)c(O[C@@H]4O[C@@H](CO)[C@H](O)[C@H]4O[C@@H]4O[C@H](CO)[C@@H](O)[C@H](O)[C@H]4O)c(-c4ccc(O)cc4)oc3c2)[C@H](O)[C@H](O)[C@H]1O. The van der Waals surface area contributed by atoms with Crippen LogP contribution in [-0.4, -0.2) is 155 Å². The summed E-state index contributed by atoms with van der Waals surface area (Å²) >= 11 is 0. The molecule has 3 aliphatic heterocycles. The number of phenols is 2. The summed E-state index contributed by atoms with van der Waals surface area (Å²) < 4.78 is 39.8. The van der Waals surface area contributed by atoms with Gasteiger partial charge >= 0.3 is 0 Å². The third kappa shape index (κ3) is 6.97. The highest BCUT2D eigenvalue weighted by atomic mass is 16.8. The fourth-order valence-corrected chi connectivity index (χ4v) is 6.02. The lowest BCUT2D eigenvalue weighted by Crippen LogP contribution is -2.60. The average molecular weight is 727 g/mol. The van der Waals surface area contributed by atoms with Crippen LogP contribution >= 0.6 is 0 Å². The molecule has 0 aliphatic carbocycles. The lowest BCUT2D eigenvalue weighted by Gasteiger charge is -2.41. The van der Waals surface area contributed by atoms with Crippen molar-refractivity contribution >= 4 is 11.0 Å². The number of phenolic OH excluding ortho intramolecular Hbond substituents is 2. The predicted octanol–water partition coefficient (Wildman–Crippen LogP) is -3.28. The Kier molecular flexibility index (Phi) is 10.7. The molecule has 3 saturated heterocycles. The first-order valence-corrected chi connectivity index (χ1v) is 15.8. The molecule has 3 aromatic rings.